The number of fused-ring (bicyclic) bond motifs is 1. The van der Waals surface area contributed by atoms with Gasteiger partial charge in [0.2, 0.25) is 0 Å². The SMILES string of the molecule is CN(C)CCNC(=O)c1cc(C(F)(F)F)ccc1-c1ccc2c(c1)CCN2S(=O)(=O)c1ccc(-c2noc(=O)[nH]2)cc1. The molecule has 0 aliphatic carbocycles. The van der Waals surface area contributed by atoms with Crippen molar-refractivity contribution < 1.29 is 30.9 Å². The molecular weight excluding hydrogens is 575 g/mol. The topological polar surface area (TPSA) is 129 Å². The van der Waals surface area contributed by atoms with Crippen molar-refractivity contribution in [3.05, 3.63) is 87.9 Å². The van der Waals surface area contributed by atoms with E-state index in [4.69, 9.17) is 0 Å². The molecule has 0 spiro atoms. The molecule has 0 unspecified atom stereocenters. The first-order valence-electron chi connectivity index (χ1n) is 12.8. The molecule has 1 aliphatic heterocycles. The molecule has 3 aromatic carbocycles. The number of amides is 1. The number of likely N-dealkylation sites (N-methyl/N-ethyl adjacent to an activating group) is 1. The maximum Gasteiger partial charge on any atom is 0.439 e. The molecule has 1 amide bonds. The third-order valence-corrected chi connectivity index (χ3v) is 8.66. The zero-order valence-electron chi connectivity index (χ0n) is 22.5. The van der Waals surface area contributed by atoms with Crippen LogP contribution in [0.5, 0.6) is 0 Å². The Morgan fingerprint density at radius 2 is 1.79 bits per heavy atom. The summed E-state index contributed by atoms with van der Waals surface area (Å²) in [6.45, 7) is 0.909. The minimum Gasteiger partial charge on any atom is -0.351 e. The van der Waals surface area contributed by atoms with Crippen molar-refractivity contribution in [1.82, 2.24) is 20.4 Å². The molecule has 0 saturated heterocycles. The number of carbonyl (C=O) groups is 1. The standard InChI is InChI=1S/C28H26F3N5O5S/c1-35(2)14-12-32-26(37)23-16-20(28(29,30)31)6-9-22(23)18-5-10-24-19(15-18)11-13-36(24)42(39,40)21-7-3-17(4-8-21)25-33-27(38)41-34-25/h3-10,15-16H,11-14H2,1-2H3,(H,32,37)(H,33,34,38). The van der Waals surface area contributed by atoms with Crippen LogP contribution in [-0.4, -0.2) is 63.1 Å². The highest BCUT2D eigenvalue weighted by Crippen LogP contribution is 2.38. The van der Waals surface area contributed by atoms with Crippen LogP contribution >= 0.6 is 0 Å². The second-order valence-corrected chi connectivity index (χ2v) is 11.8. The predicted molar refractivity (Wildman–Crippen MR) is 149 cm³/mol. The third kappa shape index (κ3) is 5.81. The maximum atomic E-state index is 13.5. The molecule has 2 heterocycles. The van der Waals surface area contributed by atoms with Gasteiger partial charge in [-0.1, -0.05) is 17.3 Å². The van der Waals surface area contributed by atoms with Gasteiger partial charge in [-0.05, 0) is 85.7 Å². The van der Waals surface area contributed by atoms with Gasteiger partial charge in [-0.25, -0.2) is 13.2 Å². The minimum atomic E-state index is -4.63. The van der Waals surface area contributed by atoms with Crippen molar-refractivity contribution in [2.24, 2.45) is 0 Å². The fraction of sp³-hybridized carbons (Fsp3) is 0.250. The molecular formula is C28H26F3N5O5S. The number of hydrogen-bond acceptors (Lipinski definition) is 7. The predicted octanol–water partition coefficient (Wildman–Crippen LogP) is 3.76. The van der Waals surface area contributed by atoms with Crippen LogP contribution in [0.4, 0.5) is 18.9 Å². The lowest BCUT2D eigenvalue weighted by Gasteiger charge is -2.20. The van der Waals surface area contributed by atoms with E-state index in [1.807, 2.05) is 19.0 Å². The van der Waals surface area contributed by atoms with E-state index in [-0.39, 0.29) is 29.4 Å². The Labute approximate surface area is 238 Å². The van der Waals surface area contributed by atoms with E-state index in [9.17, 15) is 31.2 Å². The van der Waals surface area contributed by atoms with Gasteiger partial charge in [-0.3, -0.25) is 18.6 Å². The Morgan fingerprint density at radius 3 is 2.43 bits per heavy atom. The number of sulfonamides is 1. The highest BCUT2D eigenvalue weighted by molar-refractivity contribution is 7.92. The molecule has 42 heavy (non-hydrogen) atoms. The van der Waals surface area contributed by atoms with Crippen molar-refractivity contribution in [2.45, 2.75) is 17.5 Å². The summed E-state index contributed by atoms with van der Waals surface area (Å²) in [5, 5.41) is 6.26. The molecule has 4 aromatic rings. The van der Waals surface area contributed by atoms with E-state index in [2.05, 4.69) is 20.0 Å². The summed E-state index contributed by atoms with van der Waals surface area (Å²) in [6.07, 6.45) is -4.26. The molecule has 1 aromatic heterocycles. The Kier molecular flexibility index (Phi) is 7.68. The molecule has 0 bridgehead atoms. The van der Waals surface area contributed by atoms with Gasteiger partial charge in [0.05, 0.1) is 16.1 Å². The highest BCUT2D eigenvalue weighted by atomic mass is 32.2. The number of aromatic amines is 1. The van der Waals surface area contributed by atoms with Crippen LogP contribution in [-0.2, 0) is 22.6 Å². The molecule has 10 nitrogen and oxygen atoms in total. The van der Waals surface area contributed by atoms with Crippen molar-refractivity contribution in [1.29, 1.82) is 0 Å². The van der Waals surface area contributed by atoms with E-state index in [0.29, 0.717) is 40.9 Å². The van der Waals surface area contributed by atoms with Crippen LogP contribution < -0.4 is 15.4 Å². The highest BCUT2D eigenvalue weighted by Gasteiger charge is 2.33. The van der Waals surface area contributed by atoms with E-state index in [1.165, 1.54) is 34.6 Å². The third-order valence-electron chi connectivity index (χ3n) is 6.84. The first-order valence-corrected chi connectivity index (χ1v) is 14.3. The van der Waals surface area contributed by atoms with Crippen molar-refractivity contribution in [3.8, 4) is 22.5 Å². The van der Waals surface area contributed by atoms with Gasteiger partial charge >= 0.3 is 11.9 Å². The number of alkyl halides is 3. The lowest BCUT2D eigenvalue weighted by molar-refractivity contribution is -0.137. The van der Waals surface area contributed by atoms with Gasteiger partial charge in [0.15, 0.2) is 5.82 Å². The first kappa shape index (κ1) is 29.1. The molecule has 2 N–H and O–H groups in total. The van der Waals surface area contributed by atoms with Gasteiger partial charge in [0.1, 0.15) is 0 Å². The van der Waals surface area contributed by atoms with Gasteiger partial charge in [0, 0.05) is 30.8 Å². The Hall–Kier alpha value is -4.43. The van der Waals surface area contributed by atoms with E-state index < -0.39 is 33.4 Å². The lowest BCUT2D eigenvalue weighted by atomic mass is 9.95. The van der Waals surface area contributed by atoms with E-state index in [1.54, 1.807) is 18.2 Å². The van der Waals surface area contributed by atoms with E-state index >= 15 is 0 Å². The Bertz CT molecular complexity index is 1800. The number of rotatable bonds is 8. The fourth-order valence-electron chi connectivity index (χ4n) is 4.70. The number of aromatic nitrogens is 2. The van der Waals surface area contributed by atoms with E-state index in [0.717, 1.165) is 12.1 Å². The van der Waals surface area contributed by atoms with Gasteiger partial charge in [-0.2, -0.15) is 13.2 Å². The average Bonchev–Trinajstić information content (AvgIpc) is 3.58. The second kappa shape index (κ2) is 11.1. The largest absolute Gasteiger partial charge is 0.439 e. The number of anilines is 1. The van der Waals surface area contributed by atoms with Crippen LogP contribution in [0.2, 0.25) is 0 Å². The number of nitrogens with zero attached hydrogens (tertiary/aromatic N) is 3. The summed E-state index contributed by atoms with van der Waals surface area (Å²) >= 11 is 0. The minimum absolute atomic E-state index is 0.0217. The fourth-order valence-corrected chi connectivity index (χ4v) is 6.21. The number of nitrogens with one attached hydrogen (secondary N) is 2. The zero-order valence-corrected chi connectivity index (χ0v) is 23.3. The number of halogens is 3. The normalized spacial score (nSPS) is 13.4. The van der Waals surface area contributed by atoms with Gasteiger partial charge in [-0.15, -0.1) is 0 Å². The first-order chi connectivity index (χ1) is 19.8. The van der Waals surface area contributed by atoms with Gasteiger partial charge < -0.3 is 10.2 Å². The Balaban J connectivity index is 1.45. The van der Waals surface area contributed by atoms with Crippen molar-refractivity contribution in [3.63, 3.8) is 0 Å². The summed E-state index contributed by atoms with van der Waals surface area (Å²) in [5.41, 5.74) is 1.30. The molecule has 5 rings (SSSR count). The van der Waals surface area contributed by atoms with Crippen molar-refractivity contribution >= 4 is 21.6 Å². The molecule has 0 radical (unpaired) electrons. The maximum absolute atomic E-state index is 13.5. The second-order valence-electron chi connectivity index (χ2n) is 9.96. The number of H-pyrrole nitrogens is 1. The summed E-state index contributed by atoms with van der Waals surface area (Å²) in [7, 11) is -0.335. The zero-order chi connectivity index (χ0) is 30.2. The summed E-state index contributed by atoms with van der Waals surface area (Å²) in [4.78, 5) is 28.4. The summed E-state index contributed by atoms with van der Waals surface area (Å²) in [6, 6.07) is 13.7. The number of hydrogen-bond donors (Lipinski definition) is 2. The molecule has 0 atom stereocenters. The quantitative estimate of drug-likeness (QED) is 0.315. The molecule has 14 heteroatoms. The van der Waals surface area contributed by atoms with Crippen molar-refractivity contribution in [2.75, 3.05) is 38.0 Å². The smallest absolute Gasteiger partial charge is 0.351 e. The summed E-state index contributed by atoms with van der Waals surface area (Å²) < 4.78 is 73.2. The Morgan fingerprint density at radius 1 is 1.07 bits per heavy atom. The van der Waals surface area contributed by atoms with Gasteiger partial charge in [0.25, 0.3) is 15.9 Å². The number of benzene rings is 3. The monoisotopic (exact) mass is 601 g/mol. The van der Waals surface area contributed by atoms with Crippen LogP contribution in [0, 0.1) is 0 Å². The molecule has 220 valence electrons. The van der Waals surface area contributed by atoms with Crippen LogP contribution in [0.15, 0.2) is 74.9 Å². The molecule has 0 saturated carbocycles. The van der Waals surface area contributed by atoms with Crippen LogP contribution in [0.3, 0.4) is 0 Å². The molecule has 0 fully saturated rings. The molecule has 1 aliphatic rings. The summed E-state index contributed by atoms with van der Waals surface area (Å²) in [5.74, 6) is -1.21. The van der Waals surface area contributed by atoms with Crippen LogP contribution in [0.25, 0.3) is 22.5 Å². The number of carbonyl (C=O) groups excluding carboxylic acids is 1. The van der Waals surface area contributed by atoms with Crippen LogP contribution in [0.1, 0.15) is 21.5 Å². The average molecular weight is 602 g/mol. The lowest BCUT2D eigenvalue weighted by Crippen LogP contribution is -2.31.